The molecule has 0 radical (unpaired) electrons. The Morgan fingerprint density at radius 2 is 2.00 bits per heavy atom. The predicted octanol–water partition coefficient (Wildman–Crippen LogP) is -1.95. The average molecular weight is 283 g/mol. The normalized spacial score (nSPS) is 21.9. The van der Waals surface area contributed by atoms with Gasteiger partial charge in [0.2, 0.25) is 0 Å². The first kappa shape index (κ1) is 6.89. The van der Waals surface area contributed by atoms with Gasteiger partial charge < -0.3 is 26.7 Å². The van der Waals surface area contributed by atoms with E-state index in [2.05, 4.69) is 0 Å². The van der Waals surface area contributed by atoms with Crippen LogP contribution in [0.4, 0.5) is 0 Å². The number of carbonyl (C=O) groups excluding carboxylic acids is 1. The van der Waals surface area contributed by atoms with Crippen molar-refractivity contribution in [3.63, 3.8) is 0 Å². The molecule has 0 unspecified atom stereocenters. The smallest absolute Gasteiger partial charge is 0.314 e. The van der Waals surface area contributed by atoms with Crippen molar-refractivity contribution in [2.75, 3.05) is 27.5 Å². The van der Waals surface area contributed by atoms with Crippen molar-refractivity contribution >= 4 is 5.97 Å². The Hall–Kier alpha value is -1.10. The van der Waals surface area contributed by atoms with Gasteiger partial charge in [-0.1, -0.05) is 18.2 Å². The number of aliphatic hydroxyl groups is 1. The van der Waals surface area contributed by atoms with E-state index < -0.39 is 50.4 Å². The van der Waals surface area contributed by atoms with Crippen LogP contribution in [0.5, 0.6) is 5.75 Å². The summed E-state index contributed by atoms with van der Waals surface area (Å²) in [6.07, 6.45) is -2.62. The lowest BCUT2D eigenvalue weighted by molar-refractivity contribution is -0.873. The summed E-state index contributed by atoms with van der Waals surface area (Å²) in [5.41, 5.74) is 0. The summed E-state index contributed by atoms with van der Waals surface area (Å²) in [4.78, 5) is 11.8. The molecule has 1 aromatic carbocycles. The average Bonchev–Trinajstić information content (AvgIpc) is 2.41. The van der Waals surface area contributed by atoms with Crippen molar-refractivity contribution in [1.29, 1.82) is 0 Å². The molecule has 0 heterocycles. The number of halogens is 1. The summed E-state index contributed by atoms with van der Waals surface area (Å²) in [7, 11) is 0. The molecule has 5 heteroatoms. The van der Waals surface area contributed by atoms with Crippen LogP contribution in [0.25, 0.3) is 0 Å². The lowest BCUT2D eigenvalue weighted by Gasteiger charge is -2.26. The minimum atomic E-state index is -3.49. The maximum atomic E-state index is 11.8. The third-order valence-electron chi connectivity index (χ3n) is 1.86. The maximum absolute atomic E-state index is 11.8. The van der Waals surface area contributed by atoms with E-state index in [0.717, 1.165) is 0 Å². The van der Waals surface area contributed by atoms with Gasteiger partial charge in [0.05, 0.1) is 39.7 Å². The topological polar surface area (TPSA) is 46.5 Å². The minimum Gasteiger partial charge on any atom is -1.00 e. The van der Waals surface area contributed by atoms with Crippen LogP contribution in [-0.4, -0.2) is 49.1 Å². The summed E-state index contributed by atoms with van der Waals surface area (Å²) in [5.74, 6) is -0.781. The molecule has 0 aliphatic rings. The fourth-order valence-corrected chi connectivity index (χ4v) is 1.23. The van der Waals surface area contributed by atoms with E-state index in [1.165, 1.54) is 12.1 Å². The first-order chi connectivity index (χ1) is 11.6. The molecule has 1 rings (SSSR count). The molecular weight excluding hydrogens is 254 g/mol. The third kappa shape index (κ3) is 7.27. The summed E-state index contributed by atoms with van der Waals surface area (Å²) in [6.45, 7) is -11.7. The zero-order valence-electron chi connectivity index (χ0n) is 18.5. The molecule has 1 aromatic rings. The highest BCUT2D eigenvalue weighted by Gasteiger charge is 2.19. The quantitative estimate of drug-likeness (QED) is 0.388. The van der Waals surface area contributed by atoms with Gasteiger partial charge in [0.1, 0.15) is 18.4 Å². The zero-order chi connectivity index (χ0) is 20.4. The SMILES string of the molecule is [2H]C([2H])([2H])[N+](C[C@H](O)CC(=O)Oc1ccccc1)(C([2H])([2H])[2H])C([2H])([2H])[2H].[Cl-]. The second-order valence-electron chi connectivity index (χ2n) is 3.64. The molecule has 0 aromatic heterocycles. The number of para-hydroxylation sites is 1. The van der Waals surface area contributed by atoms with E-state index in [4.69, 9.17) is 17.1 Å². The monoisotopic (exact) mass is 282 g/mol. The van der Waals surface area contributed by atoms with Gasteiger partial charge in [0, 0.05) is 0 Å². The molecule has 0 fully saturated rings. The van der Waals surface area contributed by atoms with E-state index in [1.54, 1.807) is 18.2 Å². The number of hydrogen-bond acceptors (Lipinski definition) is 3. The summed E-state index contributed by atoms with van der Waals surface area (Å²) in [5, 5.41) is 10.1. The van der Waals surface area contributed by atoms with E-state index in [0.29, 0.717) is 0 Å². The van der Waals surface area contributed by atoms with Crippen molar-refractivity contribution in [2.24, 2.45) is 0 Å². The van der Waals surface area contributed by atoms with Crippen LogP contribution in [0, 0.1) is 0 Å². The number of rotatable bonds is 5. The molecule has 0 bridgehead atoms. The third-order valence-corrected chi connectivity index (χ3v) is 1.86. The van der Waals surface area contributed by atoms with Crippen LogP contribution in [0.2, 0.25) is 0 Å². The second kappa shape index (κ2) is 7.36. The largest absolute Gasteiger partial charge is 1.00 e. The molecule has 1 atom stereocenters. The lowest BCUT2D eigenvalue weighted by Crippen LogP contribution is -3.00. The zero-order valence-corrected chi connectivity index (χ0v) is 10.2. The Bertz CT molecular complexity index is 580. The Morgan fingerprint density at radius 1 is 1.39 bits per heavy atom. The van der Waals surface area contributed by atoms with Crippen LogP contribution >= 0.6 is 0 Å². The molecule has 0 spiro atoms. The summed E-state index contributed by atoms with van der Waals surface area (Å²) < 4.78 is 69.8. The van der Waals surface area contributed by atoms with Crippen molar-refractivity contribution in [1.82, 2.24) is 0 Å². The maximum Gasteiger partial charge on any atom is 0.314 e. The van der Waals surface area contributed by atoms with Gasteiger partial charge in [-0.2, -0.15) is 0 Å². The number of quaternary nitrogens is 1. The number of ether oxygens (including phenoxy) is 1. The van der Waals surface area contributed by atoms with Gasteiger partial charge in [-0.3, -0.25) is 4.79 Å². The number of likely N-dealkylation sites (N-methyl/N-ethyl adjacent to an activating group) is 1. The number of carbonyl (C=O) groups is 1. The number of hydrogen-bond donors (Lipinski definition) is 1. The van der Waals surface area contributed by atoms with Gasteiger partial charge in [0.15, 0.2) is 0 Å². The van der Waals surface area contributed by atoms with E-state index >= 15 is 0 Å². The van der Waals surface area contributed by atoms with Crippen molar-refractivity contribution in [3.05, 3.63) is 30.3 Å². The Balaban J connectivity index is 0.00000676. The Kier molecular flexibility index (Phi) is 2.82. The number of benzene rings is 1. The highest BCUT2D eigenvalue weighted by Crippen LogP contribution is 2.10. The summed E-state index contributed by atoms with van der Waals surface area (Å²) in [6, 6.07) is 7.81. The first-order valence-electron chi connectivity index (χ1n) is 9.44. The number of aliphatic hydroxyl groups excluding tert-OH is 1. The molecule has 1 N–H and O–H groups in total. The highest BCUT2D eigenvalue weighted by atomic mass is 35.5. The van der Waals surface area contributed by atoms with Crippen LogP contribution in [0.1, 0.15) is 18.8 Å². The molecule has 0 aliphatic carbocycles. The van der Waals surface area contributed by atoms with Gasteiger partial charge in [-0.05, 0) is 12.1 Å². The number of nitrogens with zero attached hydrogens (tertiary/aromatic N) is 1. The van der Waals surface area contributed by atoms with Crippen LogP contribution in [0.15, 0.2) is 30.3 Å². The Morgan fingerprint density at radius 3 is 2.56 bits per heavy atom. The Labute approximate surface area is 127 Å². The molecule has 0 aliphatic heterocycles. The molecule has 0 saturated heterocycles. The summed E-state index contributed by atoms with van der Waals surface area (Å²) >= 11 is 0. The minimum absolute atomic E-state index is 0. The van der Waals surface area contributed by atoms with Crippen molar-refractivity contribution < 1.29 is 43.9 Å². The molecule has 102 valence electrons. The van der Waals surface area contributed by atoms with Crippen LogP contribution in [0.3, 0.4) is 0 Å². The van der Waals surface area contributed by atoms with Crippen LogP contribution in [-0.2, 0) is 4.79 Å². The van der Waals surface area contributed by atoms with Gasteiger partial charge in [-0.15, -0.1) is 0 Å². The molecule has 18 heavy (non-hydrogen) atoms. The van der Waals surface area contributed by atoms with Crippen molar-refractivity contribution in [2.45, 2.75) is 12.5 Å². The molecule has 4 nitrogen and oxygen atoms in total. The lowest BCUT2D eigenvalue weighted by atomic mass is 10.2. The second-order valence-corrected chi connectivity index (χ2v) is 3.64. The molecule has 0 saturated carbocycles. The van der Waals surface area contributed by atoms with Gasteiger partial charge in [-0.25, -0.2) is 0 Å². The first-order valence-corrected chi connectivity index (χ1v) is 4.94. The highest BCUT2D eigenvalue weighted by molar-refractivity contribution is 5.72. The molecule has 0 amide bonds. The van der Waals surface area contributed by atoms with Crippen LogP contribution < -0.4 is 17.1 Å². The van der Waals surface area contributed by atoms with Gasteiger partial charge in [0.25, 0.3) is 0 Å². The van der Waals surface area contributed by atoms with Gasteiger partial charge >= 0.3 is 5.97 Å². The predicted molar refractivity (Wildman–Crippen MR) is 65.6 cm³/mol. The fraction of sp³-hybridized carbons (Fsp3) is 0.462. The van der Waals surface area contributed by atoms with Crippen molar-refractivity contribution in [3.8, 4) is 5.75 Å². The van der Waals surface area contributed by atoms with E-state index in [-0.39, 0.29) is 18.2 Å². The fourth-order valence-electron chi connectivity index (χ4n) is 1.23. The van der Waals surface area contributed by atoms with E-state index in [1.807, 2.05) is 0 Å². The standard InChI is InChI=1S/C13H20NO3.ClH/c1-14(2,3)10-11(15)9-13(16)17-12-7-5-4-6-8-12;/h4-8,11,15H,9-10H2,1-3H3;1H/q+1;/p-1/t11-;/m1./s1/i1D3,2D3,3D3;. The molecular formula is C13H20ClNO3. The number of esters is 1. The van der Waals surface area contributed by atoms with E-state index in [9.17, 15) is 9.90 Å².